The van der Waals surface area contributed by atoms with E-state index in [9.17, 15) is 0 Å². The molecule has 0 N–H and O–H groups in total. The Balaban J connectivity index is 1.84. The molecule has 0 amide bonds. The lowest BCUT2D eigenvalue weighted by Gasteiger charge is -2.29. The molecule has 3 aromatic rings. The van der Waals surface area contributed by atoms with Crippen molar-refractivity contribution in [2.24, 2.45) is 0 Å². The lowest BCUT2D eigenvalue weighted by molar-refractivity contribution is 0.122. The highest BCUT2D eigenvalue weighted by atomic mass is 16.6. The van der Waals surface area contributed by atoms with E-state index in [1.807, 2.05) is 13.1 Å². The van der Waals surface area contributed by atoms with Crippen molar-refractivity contribution >= 4 is 16.9 Å². The maximum atomic E-state index is 5.50. The first-order chi connectivity index (χ1) is 12.4. The molecular formula is C18H24N6O2. The molecule has 4 heterocycles. The standard InChI is InChI=1S/C18H24N6O2/c1-12-14(22-26-21-12)11-24-6-5-13-15(23-7-9-25-10-8-23)19-17(18(2,3)4)20-16(13)24/h5-6H,7-11H2,1-4H3. The molecule has 26 heavy (non-hydrogen) atoms. The first-order valence-corrected chi connectivity index (χ1v) is 8.91. The third-order valence-electron chi connectivity index (χ3n) is 4.65. The Morgan fingerprint density at radius 3 is 2.54 bits per heavy atom. The van der Waals surface area contributed by atoms with Gasteiger partial charge in [0.25, 0.3) is 0 Å². The molecule has 138 valence electrons. The molecule has 0 radical (unpaired) electrons. The summed E-state index contributed by atoms with van der Waals surface area (Å²) in [7, 11) is 0. The summed E-state index contributed by atoms with van der Waals surface area (Å²) in [4.78, 5) is 12.1. The predicted molar refractivity (Wildman–Crippen MR) is 97.4 cm³/mol. The van der Waals surface area contributed by atoms with E-state index in [-0.39, 0.29) is 5.41 Å². The molecule has 8 nitrogen and oxygen atoms in total. The maximum absolute atomic E-state index is 5.50. The van der Waals surface area contributed by atoms with Crippen LogP contribution in [-0.2, 0) is 16.7 Å². The Hall–Kier alpha value is -2.48. The van der Waals surface area contributed by atoms with Crippen molar-refractivity contribution < 1.29 is 9.37 Å². The summed E-state index contributed by atoms with van der Waals surface area (Å²) in [6.07, 6.45) is 2.03. The first-order valence-electron chi connectivity index (χ1n) is 8.91. The summed E-state index contributed by atoms with van der Waals surface area (Å²) in [5.74, 6) is 1.82. The summed E-state index contributed by atoms with van der Waals surface area (Å²) in [5.41, 5.74) is 2.38. The van der Waals surface area contributed by atoms with Crippen LogP contribution in [0.5, 0.6) is 0 Å². The number of nitrogens with zero attached hydrogens (tertiary/aromatic N) is 6. The average molecular weight is 356 g/mol. The van der Waals surface area contributed by atoms with Crippen LogP contribution in [0.3, 0.4) is 0 Å². The number of ether oxygens (including phenoxy) is 1. The zero-order valence-electron chi connectivity index (χ0n) is 15.7. The quantitative estimate of drug-likeness (QED) is 0.712. The fourth-order valence-corrected chi connectivity index (χ4v) is 3.08. The van der Waals surface area contributed by atoms with Crippen LogP contribution in [-0.4, -0.2) is 51.2 Å². The number of rotatable bonds is 3. The van der Waals surface area contributed by atoms with Gasteiger partial charge in [-0.1, -0.05) is 31.1 Å². The van der Waals surface area contributed by atoms with Crippen molar-refractivity contribution in [2.75, 3.05) is 31.2 Å². The van der Waals surface area contributed by atoms with Crippen LogP contribution < -0.4 is 4.90 Å². The topological polar surface area (TPSA) is 82.1 Å². The monoisotopic (exact) mass is 356 g/mol. The Kier molecular flexibility index (Phi) is 4.14. The third-order valence-corrected chi connectivity index (χ3v) is 4.65. The molecule has 1 aliphatic heterocycles. The van der Waals surface area contributed by atoms with Crippen LogP contribution in [0.4, 0.5) is 5.82 Å². The minimum Gasteiger partial charge on any atom is -0.378 e. The lowest BCUT2D eigenvalue weighted by atomic mass is 9.95. The van der Waals surface area contributed by atoms with Gasteiger partial charge in [-0.2, -0.15) is 0 Å². The van der Waals surface area contributed by atoms with Gasteiger partial charge in [-0.15, -0.1) is 0 Å². The maximum Gasteiger partial charge on any atom is 0.146 e. The van der Waals surface area contributed by atoms with Gasteiger partial charge in [0, 0.05) is 24.7 Å². The van der Waals surface area contributed by atoms with E-state index in [1.165, 1.54) is 0 Å². The number of aromatic nitrogens is 5. The van der Waals surface area contributed by atoms with E-state index in [1.54, 1.807) is 0 Å². The van der Waals surface area contributed by atoms with Gasteiger partial charge in [0.15, 0.2) is 0 Å². The highest BCUT2D eigenvalue weighted by molar-refractivity contribution is 5.88. The fourth-order valence-electron chi connectivity index (χ4n) is 3.08. The van der Waals surface area contributed by atoms with Gasteiger partial charge in [-0.05, 0) is 13.0 Å². The molecule has 0 bridgehead atoms. The number of morpholine rings is 1. The van der Waals surface area contributed by atoms with Crippen molar-refractivity contribution in [3.05, 3.63) is 29.5 Å². The molecule has 8 heteroatoms. The lowest BCUT2D eigenvalue weighted by Crippen LogP contribution is -2.37. The van der Waals surface area contributed by atoms with Gasteiger partial charge in [-0.25, -0.2) is 14.6 Å². The highest BCUT2D eigenvalue weighted by Gasteiger charge is 2.24. The molecule has 0 unspecified atom stereocenters. The van der Waals surface area contributed by atoms with Crippen LogP contribution in [0.15, 0.2) is 16.9 Å². The van der Waals surface area contributed by atoms with Crippen molar-refractivity contribution in [1.82, 2.24) is 24.8 Å². The van der Waals surface area contributed by atoms with Gasteiger partial charge in [-0.3, -0.25) is 0 Å². The molecule has 1 aliphatic rings. The summed E-state index contributed by atoms with van der Waals surface area (Å²) < 4.78 is 12.4. The molecule has 0 atom stereocenters. The van der Waals surface area contributed by atoms with Crippen LogP contribution in [0.25, 0.3) is 11.0 Å². The van der Waals surface area contributed by atoms with Crippen LogP contribution in [0.2, 0.25) is 0 Å². The smallest absolute Gasteiger partial charge is 0.146 e. The van der Waals surface area contributed by atoms with Crippen molar-refractivity contribution in [3.63, 3.8) is 0 Å². The van der Waals surface area contributed by atoms with Gasteiger partial charge in [0.1, 0.15) is 28.7 Å². The van der Waals surface area contributed by atoms with E-state index in [0.29, 0.717) is 6.54 Å². The van der Waals surface area contributed by atoms with Crippen molar-refractivity contribution in [2.45, 2.75) is 39.7 Å². The molecule has 0 saturated carbocycles. The fraction of sp³-hybridized carbons (Fsp3) is 0.556. The molecular weight excluding hydrogens is 332 g/mol. The predicted octanol–water partition coefficient (Wildman–Crippen LogP) is 2.31. The number of hydrogen-bond donors (Lipinski definition) is 0. The van der Waals surface area contributed by atoms with Crippen molar-refractivity contribution in [3.8, 4) is 0 Å². The van der Waals surface area contributed by atoms with Crippen LogP contribution in [0.1, 0.15) is 38.0 Å². The Morgan fingerprint density at radius 2 is 1.88 bits per heavy atom. The van der Waals surface area contributed by atoms with Crippen molar-refractivity contribution in [1.29, 1.82) is 0 Å². The first kappa shape index (κ1) is 17.0. The second-order valence-corrected chi connectivity index (χ2v) is 7.70. The molecule has 0 spiro atoms. The number of hydrogen-bond acceptors (Lipinski definition) is 7. The van der Waals surface area contributed by atoms with Gasteiger partial charge >= 0.3 is 0 Å². The molecule has 3 aromatic heterocycles. The van der Waals surface area contributed by atoms with Gasteiger partial charge in [0.2, 0.25) is 0 Å². The summed E-state index contributed by atoms with van der Waals surface area (Å²) >= 11 is 0. The number of fused-ring (bicyclic) bond motifs is 1. The van der Waals surface area contributed by atoms with E-state index < -0.39 is 0 Å². The number of anilines is 1. The second-order valence-electron chi connectivity index (χ2n) is 7.70. The molecule has 0 aliphatic carbocycles. The van der Waals surface area contributed by atoms with E-state index in [2.05, 4.69) is 46.6 Å². The van der Waals surface area contributed by atoms with E-state index in [0.717, 1.165) is 60.4 Å². The summed E-state index contributed by atoms with van der Waals surface area (Å²) in [6, 6.07) is 2.08. The Bertz CT molecular complexity index is 918. The van der Waals surface area contributed by atoms with Crippen LogP contribution in [0, 0.1) is 6.92 Å². The third kappa shape index (κ3) is 3.05. The van der Waals surface area contributed by atoms with E-state index >= 15 is 0 Å². The minimum atomic E-state index is -0.143. The second kappa shape index (κ2) is 6.35. The zero-order valence-corrected chi connectivity index (χ0v) is 15.7. The zero-order chi connectivity index (χ0) is 18.3. The highest BCUT2D eigenvalue weighted by Crippen LogP contribution is 2.30. The summed E-state index contributed by atoms with van der Waals surface area (Å²) in [6.45, 7) is 12.0. The number of aryl methyl sites for hydroxylation is 1. The normalized spacial score (nSPS) is 15.8. The Labute approximate surface area is 152 Å². The molecule has 1 fully saturated rings. The molecule has 4 rings (SSSR count). The van der Waals surface area contributed by atoms with Crippen LogP contribution >= 0.6 is 0 Å². The minimum absolute atomic E-state index is 0.143. The summed E-state index contributed by atoms with van der Waals surface area (Å²) in [5, 5.41) is 8.92. The molecule has 0 aromatic carbocycles. The average Bonchev–Trinajstić information content (AvgIpc) is 3.21. The Morgan fingerprint density at radius 1 is 1.12 bits per heavy atom. The van der Waals surface area contributed by atoms with Gasteiger partial charge in [0.05, 0.1) is 25.1 Å². The van der Waals surface area contributed by atoms with Gasteiger partial charge < -0.3 is 14.2 Å². The SMILES string of the molecule is Cc1nonc1Cn1ccc2c(N3CCOCC3)nc(C(C)(C)C)nc21. The largest absolute Gasteiger partial charge is 0.378 e. The molecule has 1 saturated heterocycles. The van der Waals surface area contributed by atoms with E-state index in [4.69, 9.17) is 19.3 Å².